The van der Waals surface area contributed by atoms with Crippen molar-refractivity contribution in [1.29, 1.82) is 0 Å². The lowest BCUT2D eigenvalue weighted by Crippen LogP contribution is -2.82. The molecule has 2 atom stereocenters. The maximum atomic E-state index is 13.4. The molecule has 3 rings (SSSR count). The molecule has 0 aliphatic carbocycles. The fourth-order valence-electron chi connectivity index (χ4n) is 4.19. The number of halogens is 1. The summed E-state index contributed by atoms with van der Waals surface area (Å²) in [6, 6.07) is 17.7. The summed E-state index contributed by atoms with van der Waals surface area (Å²) in [7, 11) is 0. The molecule has 3 heteroatoms. The molecule has 2 aromatic carbocycles. The van der Waals surface area contributed by atoms with Crippen LogP contribution in [0.1, 0.15) is 50.2 Å². The fourth-order valence-corrected chi connectivity index (χ4v) is 4.19. The average Bonchev–Trinajstić information content (AvgIpc) is 2.63. The van der Waals surface area contributed by atoms with Crippen LogP contribution in [0, 0.1) is 11.7 Å². The summed E-state index contributed by atoms with van der Waals surface area (Å²) in [5.41, 5.74) is 2.56. The zero-order valence-corrected chi connectivity index (χ0v) is 16.0. The van der Waals surface area contributed by atoms with Gasteiger partial charge in [-0.1, -0.05) is 42.5 Å². The van der Waals surface area contributed by atoms with Crippen molar-refractivity contribution >= 4 is 0 Å². The summed E-state index contributed by atoms with van der Waals surface area (Å²) in [6.07, 6.45) is 3.26. The maximum absolute atomic E-state index is 13.4. The van der Waals surface area contributed by atoms with Crippen molar-refractivity contribution in [3.05, 3.63) is 71.5 Å². The third-order valence-electron chi connectivity index (χ3n) is 5.51. The van der Waals surface area contributed by atoms with Gasteiger partial charge in [-0.15, -0.1) is 0 Å². The monoisotopic (exact) mass is 356 g/mol. The summed E-state index contributed by atoms with van der Waals surface area (Å²) in [4.78, 5) is 0. The molecule has 0 radical (unpaired) electrons. The second-order valence-electron chi connectivity index (χ2n) is 8.07. The molecule has 0 bridgehead atoms. The fraction of sp³-hybridized carbons (Fsp3) is 0.478. The maximum Gasteiger partial charge on any atom is 0.123 e. The van der Waals surface area contributed by atoms with Crippen LogP contribution in [-0.4, -0.2) is 18.8 Å². The Morgan fingerprint density at radius 2 is 1.85 bits per heavy atom. The highest BCUT2D eigenvalue weighted by Crippen LogP contribution is 2.39. The molecule has 0 unspecified atom stereocenters. The molecule has 0 spiro atoms. The van der Waals surface area contributed by atoms with Gasteiger partial charge in [-0.25, -0.2) is 4.39 Å². The van der Waals surface area contributed by atoms with Crippen LogP contribution >= 0.6 is 0 Å². The summed E-state index contributed by atoms with van der Waals surface area (Å²) in [5, 5.41) is 2.39. The van der Waals surface area contributed by atoms with E-state index in [4.69, 9.17) is 4.74 Å². The van der Waals surface area contributed by atoms with Gasteiger partial charge in [-0.3, -0.25) is 0 Å². The van der Waals surface area contributed by atoms with Gasteiger partial charge in [0.15, 0.2) is 0 Å². The Bertz CT molecular complexity index is 668. The molecule has 1 fully saturated rings. The van der Waals surface area contributed by atoms with Crippen molar-refractivity contribution in [3.63, 3.8) is 0 Å². The van der Waals surface area contributed by atoms with E-state index in [0.29, 0.717) is 11.8 Å². The minimum atomic E-state index is -0.157. The highest BCUT2D eigenvalue weighted by Gasteiger charge is 2.34. The Morgan fingerprint density at radius 1 is 1.12 bits per heavy atom. The second kappa shape index (κ2) is 8.79. The molecule has 2 aromatic rings. The summed E-state index contributed by atoms with van der Waals surface area (Å²) < 4.78 is 19.3. The smallest absolute Gasteiger partial charge is 0.123 e. The van der Waals surface area contributed by atoms with Gasteiger partial charge in [0.1, 0.15) is 12.4 Å². The quantitative estimate of drug-likeness (QED) is 0.737. The number of nitrogens with two attached hydrogens (primary N) is 1. The average molecular weight is 357 g/mol. The van der Waals surface area contributed by atoms with Gasteiger partial charge >= 0.3 is 0 Å². The van der Waals surface area contributed by atoms with Crippen LogP contribution in [0.15, 0.2) is 54.6 Å². The molecule has 1 saturated heterocycles. The zero-order chi connectivity index (χ0) is 18.4. The second-order valence-corrected chi connectivity index (χ2v) is 8.07. The van der Waals surface area contributed by atoms with Crippen LogP contribution in [0.2, 0.25) is 0 Å². The Labute approximate surface area is 156 Å². The van der Waals surface area contributed by atoms with Gasteiger partial charge < -0.3 is 10.1 Å². The van der Waals surface area contributed by atoms with E-state index in [9.17, 15) is 4.39 Å². The lowest BCUT2D eigenvalue weighted by atomic mass is 9.75. The highest BCUT2D eigenvalue weighted by atomic mass is 19.1. The third-order valence-corrected chi connectivity index (χ3v) is 5.51. The van der Waals surface area contributed by atoms with Crippen LogP contribution in [-0.2, 0) is 11.3 Å². The van der Waals surface area contributed by atoms with Crippen LogP contribution in [0.4, 0.5) is 4.39 Å². The molecule has 26 heavy (non-hydrogen) atoms. The van der Waals surface area contributed by atoms with Gasteiger partial charge in [0.25, 0.3) is 0 Å². The van der Waals surface area contributed by atoms with Crippen molar-refractivity contribution in [1.82, 2.24) is 0 Å². The standard InChI is InChI=1S/C23H30FNO/c1-23(2)16-20(13-15-26-23)22(19-8-10-21(24)11-9-19)12-14-25-17-18-6-4-3-5-7-18/h3-11,20,22,25H,12-17H2,1-2H3/p+1/t20-,22-/m1/s1. The number of quaternary nitrogens is 1. The van der Waals surface area contributed by atoms with Crippen molar-refractivity contribution in [3.8, 4) is 0 Å². The molecule has 2 nitrogen and oxygen atoms in total. The Kier molecular flexibility index (Phi) is 6.44. The van der Waals surface area contributed by atoms with Crippen molar-refractivity contribution in [2.75, 3.05) is 13.2 Å². The number of ether oxygens (including phenoxy) is 1. The van der Waals surface area contributed by atoms with Crippen molar-refractivity contribution in [2.45, 2.75) is 51.2 Å². The van der Waals surface area contributed by atoms with Gasteiger partial charge in [-0.2, -0.15) is 0 Å². The van der Waals surface area contributed by atoms with Crippen molar-refractivity contribution < 1.29 is 14.4 Å². The van der Waals surface area contributed by atoms with E-state index in [0.717, 1.165) is 39.0 Å². The van der Waals surface area contributed by atoms with Crippen LogP contribution in [0.25, 0.3) is 0 Å². The van der Waals surface area contributed by atoms with E-state index in [1.807, 2.05) is 12.1 Å². The molecule has 0 saturated carbocycles. The summed E-state index contributed by atoms with van der Waals surface area (Å²) in [6.45, 7) is 7.28. The SMILES string of the molecule is CC1(C)C[C@H]([C@H](CC[NH2+]Cc2ccccc2)c2ccc(F)cc2)CCO1. The predicted octanol–water partition coefficient (Wildman–Crippen LogP) is 4.27. The minimum absolute atomic E-state index is 0.0606. The minimum Gasteiger partial charge on any atom is -0.376 e. The van der Waals surface area contributed by atoms with E-state index in [2.05, 4.69) is 49.5 Å². The van der Waals surface area contributed by atoms with Crippen LogP contribution in [0.3, 0.4) is 0 Å². The van der Waals surface area contributed by atoms with Crippen LogP contribution < -0.4 is 5.32 Å². The van der Waals surface area contributed by atoms with E-state index in [1.54, 1.807) is 12.1 Å². The Hall–Kier alpha value is -1.71. The normalized spacial score (nSPS) is 20.7. The molecule has 1 heterocycles. The molecular formula is C23H31FNO+. The number of hydrogen-bond acceptors (Lipinski definition) is 1. The first-order valence-corrected chi connectivity index (χ1v) is 9.78. The molecule has 0 amide bonds. The van der Waals surface area contributed by atoms with Crippen LogP contribution in [0.5, 0.6) is 0 Å². The van der Waals surface area contributed by atoms with E-state index in [1.165, 1.54) is 11.1 Å². The molecular weight excluding hydrogens is 325 g/mol. The van der Waals surface area contributed by atoms with E-state index in [-0.39, 0.29) is 11.4 Å². The van der Waals surface area contributed by atoms with Gasteiger partial charge in [0.2, 0.25) is 0 Å². The molecule has 1 aliphatic rings. The first kappa shape index (κ1) is 19.1. The number of rotatable bonds is 7. The van der Waals surface area contributed by atoms with Gasteiger partial charge in [0.05, 0.1) is 12.1 Å². The number of hydrogen-bond donors (Lipinski definition) is 1. The lowest BCUT2D eigenvalue weighted by molar-refractivity contribution is -0.671. The zero-order valence-electron chi connectivity index (χ0n) is 16.0. The molecule has 1 aliphatic heterocycles. The number of benzene rings is 2. The summed E-state index contributed by atoms with van der Waals surface area (Å²) in [5.74, 6) is 0.899. The van der Waals surface area contributed by atoms with E-state index >= 15 is 0 Å². The summed E-state index contributed by atoms with van der Waals surface area (Å²) >= 11 is 0. The Morgan fingerprint density at radius 3 is 2.54 bits per heavy atom. The lowest BCUT2D eigenvalue weighted by Gasteiger charge is -2.39. The topological polar surface area (TPSA) is 25.8 Å². The molecule has 0 aromatic heterocycles. The highest BCUT2D eigenvalue weighted by molar-refractivity contribution is 5.21. The van der Waals surface area contributed by atoms with E-state index < -0.39 is 0 Å². The largest absolute Gasteiger partial charge is 0.376 e. The predicted molar refractivity (Wildman–Crippen MR) is 103 cm³/mol. The molecule has 2 N–H and O–H groups in total. The van der Waals surface area contributed by atoms with Gasteiger partial charge in [0, 0.05) is 18.6 Å². The first-order valence-electron chi connectivity index (χ1n) is 9.78. The Balaban J connectivity index is 1.63. The third kappa shape index (κ3) is 5.39. The van der Waals surface area contributed by atoms with Gasteiger partial charge in [-0.05, 0) is 56.2 Å². The first-order chi connectivity index (χ1) is 12.5. The molecule has 140 valence electrons. The van der Waals surface area contributed by atoms with Crippen molar-refractivity contribution in [2.24, 2.45) is 5.92 Å².